The Morgan fingerprint density at radius 2 is 1.79 bits per heavy atom. The number of methoxy groups -OCH3 is 2. The number of rotatable bonds is 8. The second-order valence-corrected chi connectivity index (χ2v) is 7.76. The highest BCUT2D eigenvalue weighted by molar-refractivity contribution is 7.86. The fourth-order valence-corrected chi connectivity index (χ4v) is 4.14. The maximum atomic E-state index is 14.6. The van der Waals surface area contributed by atoms with Crippen LogP contribution in [0.1, 0.15) is 5.56 Å². The first-order chi connectivity index (χ1) is 15.9. The number of hydrogen-bond acceptors (Lipinski definition) is 7. The number of fused-ring (bicyclic) bond motifs is 1. The third-order valence-corrected chi connectivity index (χ3v) is 5.72. The molecule has 1 aromatic carbocycles. The number of alkyl halides is 2. The highest BCUT2D eigenvalue weighted by atomic mass is 32.2. The zero-order chi connectivity index (χ0) is 23.5. The molecule has 33 heavy (non-hydrogen) atoms. The fraction of sp³-hybridized carbons (Fsp3) is 0.200. The topological polar surface area (TPSA) is 115 Å². The normalized spacial score (nSPS) is 12.2. The SMILES string of the molecule is COc1nc(NS(=O)c2c[nH]c3c(-c4ncccn4)c(F)ccc23)nc(OC)c1CC(F)F. The first kappa shape index (κ1) is 22.5. The standard InChI is InChI=1S/C20H17F3N6O3S/c1-31-18-11(8-14(22)23)19(32-2)28-20(27-18)29-33(30)13-9-26-16-10(13)4-5-12(21)15(16)17-24-6-3-7-25-17/h3-7,9,14,26H,8H2,1-2H3,(H,27,28,29). The summed E-state index contributed by atoms with van der Waals surface area (Å²) in [6, 6.07) is 4.30. The van der Waals surface area contributed by atoms with Crippen LogP contribution in [0.5, 0.6) is 11.8 Å². The number of ether oxygens (including phenoxy) is 2. The molecule has 1 unspecified atom stereocenters. The molecule has 1 atom stereocenters. The quantitative estimate of drug-likeness (QED) is 0.398. The number of halogens is 3. The van der Waals surface area contributed by atoms with Crippen LogP contribution in [0.4, 0.5) is 19.1 Å². The molecule has 4 aromatic rings. The number of aromatic amines is 1. The van der Waals surface area contributed by atoms with Crippen LogP contribution in [0.3, 0.4) is 0 Å². The summed E-state index contributed by atoms with van der Waals surface area (Å²) >= 11 is 0. The zero-order valence-electron chi connectivity index (χ0n) is 17.3. The Hall–Kier alpha value is -3.74. The molecule has 9 nitrogen and oxygen atoms in total. The predicted molar refractivity (Wildman–Crippen MR) is 114 cm³/mol. The number of anilines is 1. The molecule has 0 spiro atoms. The van der Waals surface area contributed by atoms with Crippen molar-refractivity contribution in [3.63, 3.8) is 0 Å². The molecule has 172 valence electrons. The average Bonchev–Trinajstić information content (AvgIpc) is 3.24. The van der Waals surface area contributed by atoms with Crippen molar-refractivity contribution in [1.82, 2.24) is 24.9 Å². The van der Waals surface area contributed by atoms with Gasteiger partial charge < -0.3 is 14.5 Å². The Labute approximate surface area is 188 Å². The third kappa shape index (κ3) is 4.44. The number of nitrogens with zero attached hydrogens (tertiary/aromatic N) is 4. The maximum absolute atomic E-state index is 14.6. The van der Waals surface area contributed by atoms with Crippen LogP contribution in [0.25, 0.3) is 22.3 Å². The number of hydrogen-bond donors (Lipinski definition) is 2. The Kier molecular flexibility index (Phi) is 6.40. The van der Waals surface area contributed by atoms with E-state index in [1.54, 1.807) is 6.07 Å². The van der Waals surface area contributed by atoms with E-state index >= 15 is 0 Å². The van der Waals surface area contributed by atoms with E-state index in [4.69, 9.17) is 9.47 Å². The van der Waals surface area contributed by atoms with E-state index in [9.17, 15) is 17.4 Å². The molecular weight excluding hydrogens is 461 g/mol. The van der Waals surface area contributed by atoms with Crippen molar-refractivity contribution < 1.29 is 26.9 Å². The molecule has 3 aromatic heterocycles. The van der Waals surface area contributed by atoms with Gasteiger partial charge in [0.25, 0.3) is 0 Å². The molecule has 2 N–H and O–H groups in total. The largest absolute Gasteiger partial charge is 0.481 e. The number of nitrogens with one attached hydrogen (secondary N) is 2. The molecule has 0 radical (unpaired) electrons. The van der Waals surface area contributed by atoms with Crippen molar-refractivity contribution >= 4 is 27.8 Å². The van der Waals surface area contributed by atoms with Gasteiger partial charge in [-0.25, -0.2) is 27.3 Å². The molecule has 0 fully saturated rings. The monoisotopic (exact) mass is 478 g/mol. The Morgan fingerprint density at radius 3 is 2.39 bits per heavy atom. The molecule has 0 aliphatic heterocycles. The van der Waals surface area contributed by atoms with Crippen LogP contribution in [-0.2, 0) is 17.4 Å². The third-order valence-electron chi connectivity index (χ3n) is 4.62. The van der Waals surface area contributed by atoms with E-state index in [2.05, 4.69) is 29.6 Å². The Balaban J connectivity index is 1.71. The molecule has 0 aliphatic rings. The highest BCUT2D eigenvalue weighted by Gasteiger charge is 2.22. The Morgan fingerprint density at radius 1 is 1.12 bits per heavy atom. The van der Waals surface area contributed by atoms with Crippen LogP contribution in [0, 0.1) is 5.82 Å². The van der Waals surface area contributed by atoms with Crippen molar-refractivity contribution in [2.24, 2.45) is 0 Å². The van der Waals surface area contributed by atoms with Crippen molar-refractivity contribution in [2.75, 3.05) is 18.9 Å². The first-order valence-electron chi connectivity index (χ1n) is 9.45. The lowest BCUT2D eigenvalue weighted by atomic mass is 10.1. The second kappa shape index (κ2) is 9.40. The minimum Gasteiger partial charge on any atom is -0.481 e. The molecule has 0 bridgehead atoms. The van der Waals surface area contributed by atoms with Gasteiger partial charge in [0.1, 0.15) is 5.82 Å². The summed E-state index contributed by atoms with van der Waals surface area (Å²) in [5, 5.41) is 0.456. The summed E-state index contributed by atoms with van der Waals surface area (Å²) < 4.78 is 66.2. The van der Waals surface area contributed by atoms with E-state index in [-0.39, 0.29) is 39.6 Å². The Bertz CT molecular complexity index is 1290. The van der Waals surface area contributed by atoms with Gasteiger partial charge in [-0.1, -0.05) is 0 Å². The fourth-order valence-electron chi connectivity index (χ4n) is 3.24. The lowest BCUT2D eigenvalue weighted by Gasteiger charge is -2.13. The molecule has 0 amide bonds. The van der Waals surface area contributed by atoms with Gasteiger partial charge in [0, 0.05) is 30.4 Å². The van der Waals surface area contributed by atoms with Crippen molar-refractivity contribution in [1.29, 1.82) is 0 Å². The van der Waals surface area contributed by atoms with Gasteiger partial charge in [0.2, 0.25) is 24.1 Å². The van der Waals surface area contributed by atoms with E-state index in [1.165, 1.54) is 44.9 Å². The van der Waals surface area contributed by atoms with Gasteiger partial charge in [0.15, 0.2) is 16.8 Å². The van der Waals surface area contributed by atoms with Gasteiger partial charge >= 0.3 is 0 Å². The van der Waals surface area contributed by atoms with E-state index < -0.39 is 29.6 Å². The van der Waals surface area contributed by atoms with Crippen LogP contribution >= 0.6 is 0 Å². The molecule has 4 rings (SSSR count). The molecule has 0 aliphatic carbocycles. The predicted octanol–water partition coefficient (Wildman–Crippen LogP) is 3.51. The minimum absolute atomic E-state index is 0.0126. The molecule has 0 saturated heterocycles. The first-order valence-corrected chi connectivity index (χ1v) is 10.6. The number of H-pyrrole nitrogens is 1. The smallest absolute Gasteiger partial charge is 0.243 e. The van der Waals surface area contributed by atoms with Crippen molar-refractivity contribution in [3.8, 4) is 23.1 Å². The van der Waals surface area contributed by atoms with Gasteiger partial charge in [-0.3, -0.25) is 4.72 Å². The highest BCUT2D eigenvalue weighted by Crippen LogP contribution is 2.33. The van der Waals surface area contributed by atoms with Crippen molar-refractivity contribution in [2.45, 2.75) is 17.7 Å². The van der Waals surface area contributed by atoms with E-state index in [1.807, 2.05) is 0 Å². The van der Waals surface area contributed by atoms with Crippen LogP contribution in [0.2, 0.25) is 0 Å². The summed E-state index contributed by atoms with van der Waals surface area (Å²) in [4.78, 5) is 19.4. The van der Waals surface area contributed by atoms with E-state index in [0.29, 0.717) is 10.9 Å². The van der Waals surface area contributed by atoms with Gasteiger partial charge in [-0.15, -0.1) is 0 Å². The van der Waals surface area contributed by atoms with Crippen molar-refractivity contribution in [3.05, 3.63) is 48.2 Å². The zero-order valence-corrected chi connectivity index (χ0v) is 18.1. The summed E-state index contributed by atoms with van der Waals surface area (Å²) in [7, 11) is 0.610. The van der Waals surface area contributed by atoms with Gasteiger partial charge in [-0.2, -0.15) is 9.97 Å². The van der Waals surface area contributed by atoms with Crippen LogP contribution in [0.15, 0.2) is 41.7 Å². The second-order valence-electron chi connectivity index (χ2n) is 6.58. The average molecular weight is 478 g/mol. The molecule has 0 saturated carbocycles. The maximum Gasteiger partial charge on any atom is 0.243 e. The van der Waals surface area contributed by atoms with Crippen LogP contribution in [-0.4, -0.2) is 49.8 Å². The van der Waals surface area contributed by atoms with Gasteiger partial charge in [0.05, 0.1) is 35.8 Å². The summed E-state index contributed by atoms with van der Waals surface area (Å²) in [5.41, 5.74) is 0.475. The number of aromatic nitrogens is 5. The summed E-state index contributed by atoms with van der Waals surface area (Å²) in [6.45, 7) is 0. The summed E-state index contributed by atoms with van der Waals surface area (Å²) in [6.07, 6.45) is 1.08. The molecular formula is C20H17F3N6O3S. The van der Waals surface area contributed by atoms with E-state index in [0.717, 1.165) is 0 Å². The lowest BCUT2D eigenvalue weighted by Crippen LogP contribution is -2.12. The van der Waals surface area contributed by atoms with Gasteiger partial charge in [-0.05, 0) is 18.2 Å². The van der Waals surface area contributed by atoms with Crippen LogP contribution < -0.4 is 14.2 Å². The molecule has 3 heterocycles. The minimum atomic E-state index is -2.67. The lowest BCUT2D eigenvalue weighted by molar-refractivity contribution is 0.146. The summed E-state index contributed by atoms with van der Waals surface area (Å²) in [5.74, 6) is -0.811. The number of benzene rings is 1. The molecule has 13 heteroatoms.